The Morgan fingerprint density at radius 3 is 2.74 bits per heavy atom. The lowest BCUT2D eigenvalue weighted by molar-refractivity contribution is 0.290. The molecule has 1 aromatic heterocycles. The predicted octanol–water partition coefficient (Wildman–Crippen LogP) is 3.10. The van der Waals surface area contributed by atoms with E-state index in [1.807, 2.05) is 19.2 Å². The second-order valence-corrected chi connectivity index (χ2v) is 5.06. The number of nitrogens with zero attached hydrogens (tertiary/aromatic N) is 2. The first kappa shape index (κ1) is 14.0. The number of rotatable bonds is 5. The van der Waals surface area contributed by atoms with Crippen molar-refractivity contribution in [2.45, 2.75) is 19.6 Å². The monoisotopic (exact) mass is 321 g/mol. The summed E-state index contributed by atoms with van der Waals surface area (Å²) in [5.74, 6) is 1.52. The zero-order valence-corrected chi connectivity index (χ0v) is 12.5. The molecule has 1 unspecified atom stereocenters. The third-order valence-electron chi connectivity index (χ3n) is 2.85. The molecule has 0 aliphatic rings. The Bertz CT molecular complexity index is 533. The van der Waals surface area contributed by atoms with Gasteiger partial charge in [-0.05, 0) is 38.2 Å². The maximum atomic E-state index is 5.82. The summed E-state index contributed by atoms with van der Waals surface area (Å²) in [5, 5.41) is 3.21. The van der Waals surface area contributed by atoms with E-state index in [1.54, 1.807) is 18.5 Å². The fourth-order valence-electron chi connectivity index (χ4n) is 1.69. The van der Waals surface area contributed by atoms with Gasteiger partial charge in [0.1, 0.15) is 12.4 Å². The number of aromatic nitrogens is 2. The van der Waals surface area contributed by atoms with Gasteiger partial charge in [-0.25, -0.2) is 9.97 Å². The van der Waals surface area contributed by atoms with Crippen LogP contribution >= 0.6 is 15.9 Å². The Balaban J connectivity index is 2.15. The van der Waals surface area contributed by atoms with Crippen molar-refractivity contribution in [2.24, 2.45) is 0 Å². The van der Waals surface area contributed by atoms with E-state index < -0.39 is 0 Å². The van der Waals surface area contributed by atoms with Crippen molar-refractivity contribution >= 4 is 15.9 Å². The van der Waals surface area contributed by atoms with Gasteiger partial charge in [0, 0.05) is 28.5 Å². The third kappa shape index (κ3) is 3.75. The summed E-state index contributed by atoms with van der Waals surface area (Å²) in [6, 6.07) is 7.98. The first-order chi connectivity index (χ1) is 9.20. The lowest BCUT2D eigenvalue weighted by Gasteiger charge is -2.16. The second kappa shape index (κ2) is 6.63. The maximum absolute atomic E-state index is 5.82. The van der Waals surface area contributed by atoms with Crippen molar-refractivity contribution < 1.29 is 4.74 Å². The highest BCUT2D eigenvalue weighted by Gasteiger charge is 2.11. The van der Waals surface area contributed by atoms with Gasteiger partial charge >= 0.3 is 0 Å². The summed E-state index contributed by atoms with van der Waals surface area (Å²) in [5.41, 5.74) is 1.10. The molecule has 0 spiro atoms. The van der Waals surface area contributed by atoms with E-state index in [-0.39, 0.29) is 6.04 Å². The molecule has 19 heavy (non-hydrogen) atoms. The molecule has 2 aromatic rings. The van der Waals surface area contributed by atoms with Crippen LogP contribution in [0.25, 0.3) is 0 Å². The van der Waals surface area contributed by atoms with E-state index in [1.165, 1.54) is 0 Å². The molecule has 5 heteroatoms. The number of nitrogens with one attached hydrogen (secondary N) is 1. The van der Waals surface area contributed by atoms with Crippen LogP contribution in [0.2, 0.25) is 0 Å². The van der Waals surface area contributed by atoms with E-state index in [0.717, 1.165) is 15.8 Å². The Morgan fingerprint density at radius 1 is 1.32 bits per heavy atom. The van der Waals surface area contributed by atoms with Gasteiger partial charge in [-0.3, -0.25) is 0 Å². The normalized spacial score (nSPS) is 12.2. The number of benzene rings is 1. The van der Waals surface area contributed by atoms with E-state index in [4.69, 9.17) is 4.74 Å². The molecule has 0 radical (unpaired) electrons. The predicted molar refractivity (Wildman–Crippen MR) is 78.0 cm³/mol. The standard InChI is InChI=1S/C14H16BrN3O/c1-10(16-2)12-8-11(15)4-5-13(12)19-9-14-17-6-3-7-18-14/h3-8,10,16H,9H2,1-2H3. The molecule has 0 aliphatic carbocycles. The lowest BCUT2D eigenvalue weighted by atomic mass is 10.1. The zero-order chi connectivity index (χ0) is 13.7. The van der Waals surface area contributed by atoms with Crippen LogP contribution in [0.3, 0.4) is 0 Å². The summed E-state index contributed by atoms with van der Waals surface area (Å²) in [4.78, 5) is 8.29. The number of hydrogen-bond donors (Lipinski definition) is 1. The van der Waals surface area contributed by atoms with Crippen LogP contribution in [0.5, 0.6) is 5.75 Å². The summed E-state index contributed by atoms with van der Waals surface area (Å²) < 4.78 is 6.85. The van der Waals surface area contributed by atoms with Crippen LogP contribution in [-0.4, -0.2) is 17.0 Å². The smallest absolute Gasteiger partial charge is 0.166 e. The fraction of sp³-hybridized carbons (Fsp3) is 0.286. The number of ether oxygens (including phenoxy) is 1. The molecule has 1 atom stereocenters. The molecule has 0 aliphatic heterocycles. The van der Waals surface area contributed by atoms with E-state index in [9.17, 15) is 0 Å². The molecule has 1 aromatic carbocycles. The molecule has 0 saturated carbocycles. The van der Waals surface area contributed by atoms with Crippen molar-refractivity contribution in [1.82, 2.24) is 15.3 Å². The quantitative estimate of drug-likeness (QED) is 0.919. The van der Waals surface area contributed by atoms with Gasteiger partial charge in [0.25, 0.3) is 0 Å². The molecule has 0 fully saturated rings. The van der Waals surface area contributed by atoms with Crippen molar-refractivity contribution in [3.05, 3.63) is 52.5 Å². The topological polar surface area (TPSA) is 47.0 Å². The van der Waals surface area contributed by atoms with E-state index >= 15 is 0 Å². The lowest BCUT2D eigenvalue weighted by Crippen LogP contribution is -2.14. The van der Waals surface area contributed by atoms with Gasteiger partial charge in [-0.15, -0.1) is 0 Å². The molecule has 0 saturated heterocycles. The summed E-state index contributed by atoms with van der Waals surface area (Å²) in [7, 11) is 1.93. The van der Waals surface area contributed by atoms with Crippen LogP contribution < -0.4 is 10.1 Å². The SMILES string of the molecule is CNC(C)c1cc(Br)ccc1OCc1ncccn1. The van der Waals surface area contributed by atoms with Crippen molar-refractivity contribution in [2.75, 3.05) is 7.05 Å². The molecular weight excluding hydrogens is 306 g/mol. The molecule has 4 nitrogen and oxygen atoms in total. The molecule has 100 valence electrons. The Kier molecular flexibility index (Phi) is 4.87. The minimum absolute atomic E-state index is 0.212. The van der Waals surface area contributed by atoms with E-state index in [2.05, 4.69) is 44.2 Å². The van der Waals surface area contributed by atoms with Crippen molar-refractivity contribution in [3.8, 4) is 5.75 Å². The molecular formula is C14H16BrN3O. The van der Waals surface area contributed by atoms with Crippen LogP contribution in [0.1, 0.15) is 24.4 Å². The van der Waals surface area contributed by atoms with E-state index in [0.29, 0.717) is 12.4 Å². The van der Waals surface area contributed by atoms with Crippen LogP contribution in [-0.2, 0) is 6.61 Å². The Hall–Kier alpha value is -1.46. The Labute approximate surface area is 121 Å². The molecule has 2 rings (SSSR count). The number of halogens is 1. The highest BCUT2D eigenvalue weighted by Crippen LogP contribution is 2.28. The minimum atomic E-state index is 0.212. The average molecular weight is 322 g/mol. The van der Waals surface area contributed by atoms with Gasteiger partial charge in [-0.1, -0.05) is 15.9 Å². The first-order valence-corrected chi connectivity index (χ1v) is 6.85. The third-order valence-corrected chi connectivity index (χ3v) is 3.34. The average Bonchev–Trinajstić information content (AvgIpc) is 2.46. The van der Waals surface area contributed by atoms with Gasteiger partial charge in [0.05, 0.1) is 0 Å². The summed E-state index contributed by atoms with van der Waals surface area (Å²) >= 11 is 3.48. The highest BCUT2D eigenvalue weighted by atomic mass is 79.9. The highest BCUT2D eigenvalue weighted by molar-refractivity contribution is 9.10. The Morgan fingerprint density at radius 2 is 2.05 bits per heavy atom. The molecule has 1 heterocycles. The zero-order valence-electron chi connectivity index (χ0n) is 10.9. The van der Waals surface area contributed by atoms with Gasteiger partial charge in [-0.2, -0.15) is 0 Å². The van der Waals surface area contributed by atoms with Crippen LogP contribution in [0.4, 0.5) is 0 Å². The second-order valence-electron chi connectivity index (χ2n) is 4.15. The fourth-order valence-corrected chi connectivity index (χ4v) is 2.07. The van der Waals surface area contributed by atoms with Gasteiger partial charge < -0.3 is 10.1 Å². The first-order valence-electron chi connectivity index (χ1n) is 6.06. The summed E-state index contributed by atoms with van der Waals surface area (Å²) in [6.07, 6.45) is 3.43. The molecule has 1 N–H and O–H groups in total. The largest absolute Gasteiger partial charge is 0.485 e. The summed E-state index contributed by atoms with van der Waals surface area (Å²) in [6.45, 7) is 2.46. The minimum Gasteiger partial charge on any atom is -0.485 e. The van der Waals surface area contributed by atoms with Crippen molar-refractivity contribution in [1.29, 1.82) is 0 Å². The molecule has 0 amide bonds. The van der Waals surface area contributed by atoms with Crippen LogP contribution in [0.15, 0.2) is 41.1 Å². The maximum Gasteiger partial charge on any atom is 0.166 e. The van der Waals surface area contributed by atoms with Gasteiger partial charge in [0.2, 0.25) is 0 Å². The molecule has 0 bridgehead atoms. The van der Waals surface area contributed by atoms with Gasteiger partial charge in [0.15, 0.2) is 5.82 Å². The van der Waals surface area contributed by atoms with Crippen molar-refractivity contribution in [3.63, 3.8) is 0 Å². The van der Waals surface area contributed by atoms with Crippen LogP contribution in [0, 0.1) is 0 Å². The number of hydrogen-bond acceptors (Lipinski definition) is 4.